The van der Waals surface area contributed by atoms with Gasteiger partial charge in [0.05, 0.1) is 15.8 Å². The van der Waals surface area contributed by atoms with Gasteiger partial charge in [-0.25, -0.2) is 0 Å². The topological polar surface area (TPSA) is 23.6 Å². The Bertz CT molecular complexity index is 462. The number of nitrogens with zero attached hydrogens (tertiary/aromatic N) is 2. The molecule has 1 aromatic rings. The summed E-state index contributed by atoms with van der Waals surface area (Å²) in [6.45, 7) is 4.80. The Morgan fingerprint density at radius 3 is 2.50 bits per heavy atom. The van der Waals surface area contributed by atoms with Gasteiger partial charge in [-0.15, -0.1) is 11.3 Å². The van der Waals surface area contributed by atoms with Gasteiger partial charge < -0.3 is 0 Å². The molecule has 2 heterocycles. The van der Waals surface area contributed by atoms with Crippen molar-refractivity contribution in [2.24, 2.45) is 0 Å². The molecule has 0 radical (unpaired) electrons. The molecular weight excluding hydrogens is 292 g/mol. The summed E-state index contributed by atoms with van der Waals surface area (Å²) in [6.07, 6.45) is 5.52. The van der Waals surface area contributed by atoms with Crippen LogP contribution in [0.3, 0.4) is 0 Å². The van der Waals surface area contributed by atoms with Crippen molar-refractivity contribution < 1.29 is 4.79 Å². The number of Topliss-reactive ketones (excluding diaryl/α,β-unsaturated/α-hetero) is 1. The van der Waals surface area contributed by atoms with Crippen molar-refractivity contribution >= 4 is 28.7 Å². The smallest absolute Gasteiger partial charge is 0.186 e. The monoisotopic (exact) mass is 312 g/mol. The van der Waals surface area contributed by atoms with Gasteiger partial charge in [-0.3, -0.25) is 14.6 Å². The lowest BCUT2D eigenvalue weighted by molar-refractivity contribution is 0.0778. The van der Waals surface area contributed by atoms with E-state index >= 15 is 0 Å². The third-order valence-corrected chi connectivity index (χ3v) is 5.74. The van der Waals surface area contributed by atoms with Crippen LogP contribution in [-0.4, -0.2) is 54.3 Å². The lowest BCUT2D eigenvalue weighted by Gasteiger charge is -2.37. The van der Waals surface area contributed by atoms with E-state index in [1.165, 1.54) is 37.0 Å². The van der Waals surface area contributed by atoms with Crippen molar-refractivity contribution in [1.29, 1.82) is 0 Å². The zero-order valence-electron chi connectivity index (χ0n) is 11.7. The fourth-order valence-electron chi connectivity index (χ4n) is 3.30. The van der Waals surface area contributed by atoms with Crippen molar-refractivity contribution in [3.8, 4) is 0 Å². The number of halogens is 1. The van der Waals surface area contributed by atoms with E-state index in [1.807, 2.05) is 6.07 Å². The first kappa shape index (κ1) is 14.5. The molecule has 0 spiro atoms. The largest absolute Gasteiger partial charge is 0.298 e. The molecule has 0 unspecified atom stereocenters. The van der Waals surface area contributed by atoms with Gasteiger partial charge >= 0.3 is 0 Å². The van der Waals surface area contributed by atoms with Crippen molar-refractivity contribution in [2.45, 2.75) is 31.7 Å². The minimum Gasteiger partial charge on any atom is -0.298 e. The Kier molecular flexibility index (Phi) is 4.76. The first-order valence-corrected chi connectivity index (χ1v) is 8.67. The maximum absolute atomic E-state index is 12.2. The van der Waals surface area contributed by atoms with E-state index in [0.29, 0.717) is 10.9 Å². The number of hydrogen-bond donors (Lipinski definition) is 0. The fraction of sp³-hybridized carbons (Fsp3) is 0.667. The summed E-state index contributed by atoms with van der Waals surface area (Å²) in [5, 5.41) is 0. The Hall–Kier alpha value is -0.420. The Labute approximate surface area is 129 Å². The van der Waals surface area contributed by atoms with Gasteiger partial charge in [0.15, 0.2) is 5.78 Å². The average Bonchev–Trinajstić information content (AvgIpc) is 3.10. The summed E-state index contributed by atoms with van der Waals surface area (Å²) in [5.41, 5.74) is 0. The number of thiophene rings is 1. The van der Waals surface area contributed by atoms with E-state index in [2.05, 4.69) is 9.80 Å². The van der Waals surface area contributed by atoms with Crippen LogP contribution < -0.4 is 0 Å². The zero-order chi connectivity index (χ0) is 13.9. The van der Waals surface area contributed by atoms with Crippen LogP contribution in [0.2, 0.25) is 4.34 Å². The zero-order valence-corrected chi connectivity index (χ0v) is 13.3. The molecule has 110 valence electrons. The van der Waals surface area contributed by atoms with Crippen LogP contribution in [0, 0.1) is 0 Å². The molecule has 1 aliphatic carbocycles. The molecule has 0 N–H and O–H groups in total. The van der Waals surface area contributed by atoms with Gasteiger partial charge in [0.2, 0.25) is 0 Å². The minimum atomic E-state index is 0.205. The van der Waals surface area contributed by atoms with Crippen LogP contribution in [0.5, 0.6) is 0 Å². The average molecular weight is 313 g/mol. The molecule has 1 saturated heterocycles. The molecule has 1 aromatic heterocycles. The van der Waals surface area contributed by atoms with Crippen LogP contribution in [0.25, 0.3) is 0 Å². The number of carbonyl (C=O) groups is 1. The Morgan fingerprint density at radius 1 is 1.20 bits per heavy atom. The second kappa shape index (κ2) is 6.56. The third-order valence-electron chi connectivity index (χ3n) is 4.46. The van der Waals surface area contributed by atoms with E-state index in [1.54, 1.807) is 6.07 Å². The number of hydrogen-bond acceptors (Lipinski definition) is 4. The molecule has 5 heteroatoms. The molecule has 20 heavy (non-hydrogen) atoms. The molecule has 0 atom stereocenters. The summed E-state index contributed by atoms with van der Waals surface area (Å²) in [7, 11) is 0. The summed E-state index contributed by atoms with van der Waals surface area (Å²) >= 11 is 7.27. The SMILES string of the molecule is O=C(CN1CCN(C2CCCC2)CC1)c1ccc(Cl)s1. The molecular formula is C15H21ClN2OS. The second-order valence-corrected chi connectivity index (χ2v) is 7.49. The van der Waals surface area contributed by atoms with E-state index in [-0.39, 0.29) is 5.78 Å². The first-order chi connectivity index (χ1) is 9.72. The second-order valence-electron chi connectivity index (χ2n) is 5.78. The predicted octanol–water partition coefficient (Wildman–Crippen LogP) is 3.14. The van der Waals surface area contributed by atoms with E-state index < -0.39 is 0 Å². The molecule has 2 fully saturated rings. The molecule has 2 aliphatic rings. The molecule has 1 aliphatic heterocycles. The lowest BCUT2D eigenvalue weighted by Crippen LogP contribution is -2.50. The van der Waals surface area contributed by atoms with Crippen molar-refractivity contribution in [3.63, 3.8) is 0 Å². The normalized spacial score (nSPS) is 22.4. The van der Waals surface area contributed by atoms with Crippen molar-refractivity contribution in [1.82, 2.24) is 9.80 Å². The number of ketones is 1. The van der Waals surface area contributed by atoms with Crippen LogP contribution in [0.1, 0.15) is 35.4 Å². The minimum absolute atomic E-state index is 0.205. The van der Waals surface area contributed by atoms with E-state index in [9.17, 15) is 4.79 Å². The van der Waals surface area contributed by atoms with E-state index in [4.69, 9.17) is 11.6 Å². The molecule has 0 aromatic carbocycles. The van der Waals surface area contributed by atoms with Gasteiger partial charge in [0, 0.05) is 32.2 Å². The highest BCUT2D eigenvalue weighted by Crippen LogP contribution is 2.25. The summed E-state index contributed by atoms with van der Waals surface area (Å²) in [6, 6.07) is 4.45. The Morgan fingerprint density at radius 2 is 1.90 bits per heavy atom. The highest BCUT2D eigenvalue weighted by molar-refractivity contribution is 7.18. The molecule has 1 saturated carbocycles. The first-order valence-electron chi connectivity index (χ1n) is 7.47. The summed E-state index contributed by atoms with van der Waals surface area (Å²) in [5.74, 6) is 0.205. The lowest BCUT2D eigenvalue weighted by atomic mass is 10.1. The van der Waals surface area contributed by atoms with Crippen LogP contribution in [-0.2, 0) is 0 Å². The van der Waals surface area contributed by atoms with Crippen LogP contribution in [0.15, 0.2) is 12.1 Å². The van der Waals surface area contributed by atoms with Gasteiger partial charge in [-0.05, 0) is 25.0 Å². The van der Waals surface area contributed by atoms with Crippen LogP contribution >= 0.6 is 22.9 Å². The number of rotatable bonds is 4. The molecule has 3 nitrogen and oxygen atoms in total. The number of piperazine rings is 1. The van der Waals surface area contributed by atoms with E-state index in [0.717, 1.165) is 37.1 Å². The van der Waals surface area contributed by atoms with Crippen molar-refractivity contribution in [3.05, 3.63) is 21.3 Å². The fourth-order valence-corrected chi connectivity index (χ4v) is 4.27. The number of carbonyl (C=O) groups excluding carboxylic acids is 1. The highest BCUT2D eigenvalue weighted by atomic mass is 35.5. The van der Waals surface area contributed by atoms with Gasteiger partial charge in [0.25, 0.3) is 0 Å². The summed E-state index contributed by atoms with van der Waals surface area (Å²) < 4.78 is 0.694. The molecule has 3 rings (SSSR count). The third kappa shape index (κ3) is 3.42. The van der Waals surface area contributed by atoms with Gasteiger partial charge in [-0.2, -0.15) is 0 Å². The maximum atomic E-state index is 12.2. The molecule has 0 amide bonds. The van der Waals surface area contributed by atoms with Crippen LogP contribution in [0.4, 0.5) is 0 Å². The maximum Gasteiger partial charge on any atom is 0.186 e. The van der Waals surface area contributed by atoms with Crippen molar-refractivity contribution in [2.75, 3.05) is 32.7 Å². The summed E-state index contributed by atoms with van der Waals surface area (Å²) in [4.78, 5) is 17.8. The van der Waals surface area contributed by atoms with Gasteiger partial charge in [-0.1, -0.05) is 24.4 Å². The quantitative estimate of drug-likeness (QED) is 0.798. The highest BCUT2D eigenvalue weighted by Gasteiger charge is 2.26. The standard InChI is InChI=1S/C15H21ClN2OS/c16-15-6-5-14(20-15)13(19)11-17-7-9-18(10-8-17)12-3-1-2-4-12/h5-6,12H,1-4,7-11H2. The van der Waals surface area contributed by atoms with Gasteiger partial charge in [0.1, 0.15) is 0 Å². The Balaban J connectivity index is 1.47. The molecule has 0 bridgehead atoms. The predicted molar refractivity (Wildman–Crippen MR) is 83.9 cm³/mol.